The average molecular weight is 430 g/mol. The number of hydrogen-bond acceptors (Lipinski definition) is 1. The number of anilines is 1. The van der Waals surface area contributed by atoms with Crippen molar-refractivity contribution in [1.29, 1.82) is 0 Å². The molecular weight excluding hydrogens is 417 g/mol. The molecule has 1 amide bonds. The fourth-order valence-electron chi connectivity index (χ4n) is 1.90. The zero-order valence-corrected chi connectivity index (χ0v) is 14.4. The average Bonchev–Trinajstić information content (AvgIpc) is 2.34. The molecule has 0 aliphatic rings. The SMILES string of the molecule is Cc1cc(C)c(NC(=O)c2ccccc2I)c(Br)c1. The number of hydrogen-bond donors (Lipinski definition) is 1. The van der Waals surface area contributed by atoms with E-state index in [0.717, 1.165) is 24.9 Å². The molecule has 0 spiro atoms. The van der Waals surface area contributed by atoms with Crippen LogP contribution in [0.3, 0.4) is 0 Å². The second-order valence-electron chi connectivity index (χ2n) is 4.37. The van der Waals surface area contributed by atoms with Gasteiger partial charge in [-0.2, -0.15) is 0 Å². The Morgan fingerprint density at radius 1 is 1.21 bits per heavy atom. The first kappa shape index (κ1) is 14.5. The first-order chi connectivity index (χ1) is 8.99. The van der Waals surface area contributed by atoms with Crippen molar-refractivity contribution in [3.63, 3.8) is 0 Å². The molecule has 0 aromatic heterocycles. The molecule has 0 atom stereocenters. The number of carbonyl (C=O) groups excluding carboxylic acids is 1. The molecule has 2 nitrogen and oxygen atoms in total. The van der Waals surface area contributed by atoms with Gasteiger partial charge in [0.15, 0.2) is 0 Å². The second-order valence-corrected chi connectivity index (χ2v) is 6.39. The van der Waals surface area contributed by atoms with Crippen LogP contribution in [0.1, 0.15) is 21.5 Å². The van der Waals surface area contributed by atoms with E-state index in [1.54, 1.807) is 0 Å². The second kappa shape index (κ2) is 6.05. The Morgan fingerprint density at radius 2 is 1.89 bits per heavy atom. The fraction of sp³-hybridized carbons (Fsp3) is 0.133. The highest BCUT2D eigenvalue weighted by Crippen LogP contribution is 2.28. The molecule has 0 saturated heterocycles. The lowest BCUT2D eigenvalue weighted by Gasteiger charge is -2.12. The Bertz CT molecular complexity index is 617. The maximum atomic E-state index is 12.3. The lowest BCUT2D eigenvalue weighted by molar-refractivity contribution is 0.102. The van der Waals surface area contributed by atoms with Crippen LogP contribution in [-0.2, 0) is 0 Å². The third-order valence-electron chi connectivity index (χ3n) is 2.79. The van der Waals surface area contributed by atoms with E-state index < -0.39 is 0 Å². The number of benzene rings is 2. The monoisotopic (exact) mass is 429 g/mol. The molecule has 98 valence electrons. The zero-order valence-electron chi connectivity index (χ0n) is 10.6. The Hall–Kier alpha value is -0.880. The fourth-order valence-corrected chi connectivity index (χ4v) is 3.31. The molecule has 0 saturated carbocycles. The van der Waals surface area contributed by atoms with Crippen molar-refractivity contribution in [1.82, 2.24) is 0 Å². The largest absolute Gasteiger partial charge is 0.321 e. The number of aryl methyl sites for hydroxylation is 2. The maximum absolute atomic E-state index is 12.3. The van der Waals surface area contributed by atoms with Crippen LogP contribution in [0.2, 0.25) is 0 Å². The summed E-state index contributed by atoms with van der Waals surface area (Å²) in [5, 5.41) is 2.97. The van der Waals surface area contributed by atoms with Gasteiger partial charge in [0.1, 0.15) is 0 Å². The van der Waals surface area contributed by atoms with E-state index in [0.29, 0.717) is 5.56 Å². The van der Waals surface area contributed by atoms with Gasteiger partial charge < -0.3 is 5.32 Å². The lowest BCUT2D eigenvalue weighted by atomic mass is 10.1. The summed E-state index contributed by atoms with van der Waals surface area (Å²) in [4.78, 5) is 12.3. The Balaban J connectivity index is 2.32. The molecule has 0 fully saturated rings. The number of nitrogens with one attached hydrogen (secondary N) is 1. The summed E-state index contributed by atoms with van der Waals surface area (Å²) < 4.78 is 1.85. The number of amides is 1. The van der Waals surface area contributed by atoms with Gasteiger partial charge in [-0.05, 0) is 81.7 Å². The summed E-state index contributed by atoms with van der Waals surface area (Å²) in [5.74, 6) is -0.0855. The number of halogens is 2. The lowest BCUT2D eigenvalue weighted by Crippen LogP contribution is -2.14. The van der Waals surface area contributed by atoms with Gasteiger partial charge in [0.05, 0.1) is 11.3 Å². The molecule has 0 aliphatic carbocycles. The zero-order chi connectivity index (χ0) is 14.0. The van der Waals surface area contributed by atoms with Gasteiger partial charge in [0, 0.05) is 8.04 Å². The van der Waals surface area contributed by atoms with Crippen molar-refractivity contribution >= 4 is 50.1 Å². The molecule has 0 unspecified atom stereocenters. The van der Waals surface area contributed by atoms with Crippen LogP contribution in [0.5, 0.6) is 0 Å². The molecule has 1 N–H and O–H groups in total. The van der Waals surface area contributed by atoms with Crippen molar-refractivity contribution in [2.45, 2.75) is 13.8 Å². The quantitative estimate of drug-likeness (QED) is 0.674. The summed E-state index contributed by atoms with van der Waals surface area (Å²) in [6.45, 7) is 4.02. The highest BCUT2D eigenvalue weighted by Gasteiger charge is 2.12. The van der Waals surface area contributed by atoms with Crippen LogP contribution in [0.4, 0.5) is 5.69 Å². The number of rotatable bonds is 2. The van der Waals surface area contributed by atoms with Gasteiger partial charge in [0.2, 0.25) is 0 Å². The molecule has 2 aromatic rings. The summed E-state index contributed by atoms with van der Waals surface area (Å²) in [7, 11) is 0. The Kier molecular flexibility index (Phi) is 4.62. The molecule has 0 bridgehead atoms. The summed E-state index contributed by atoms with van der Waals surface area (Å²) >= 11 is 5.67. The number of carbonyl (C=O) groups is 1. The van der Waals surface area contributed by atoms with Gasteiger partial charge in [-0.1, -0.05) is 18.2 Å². The van der Waals surface area contributed by atoms with Crippen LogP contribution in [0, 0.1) is 17.4 Å². The van der Waals surface area contributed by atoms with Gasteiger partial charge in [-0.15, -0.1) is 0 Å². The van der Waals surface area contributed by atoms with Gasteiger partial charge >= 0.3 is 0 Å². The maximum Gasteiger partial charge on any atom is 0.256 e. The summed E-state index contributed by atoms with van der Waals surface area (Å²) in [6, 6.07) is 11.6. The summed E-state index contributed by atoms with van der Waals surface area (Å²) in [6.07, 6.45) is 0. The van der Waals surface area contributed by atoms with E-state index in [1.165, 1.54) is 0 Å². The molecule has 19 heavy (non-hydrogen) atoms. The van der Waals surface area contributed by atoms with Crippen molar-refractivity contribution in [2.24, 2.45) is 0 Å². The molecule has 2 rings (SSSR count). The van der Waals surface area contributed by atoms with Crippen LogP contribution >= 0.6 is 38.5 Å². The van der Waals surface area contributed by atoms with Gasteiger partial charge in [-0.3, -0.25) is 4.79 Å². The Morgan fingerprint density at radius 3 is 2.53 bits per heavy atom. The minimum atomic E-state index is -0.0855. The molecule has 0 heterocycles. The third kappa shape index (κ3) is 3.36. The van der Waals surface area contributed by atoms with Crippen LogP contribution in [0.15, 0.2) is 40.9 Å². The van der Waals surface area contributed by atoms with Gasteiger partial charge in [-0.25, -0.2) is 0 Å². The van der Waals surface area contributed by atoms with E-state index >= 15 is 0 Å². The van der Waals surface area contributed by atoms with E-state index in [2.05, 4.69) is 49.9 Å². The minimum absolute atomic E-state index is 0.0855. The molecule has 0 aliphatic heterocycles. The normalized spacial score (nSPS) is 10.3. The van der Waals surface area contributed by atoms with E-state index in [9.17, 15) is 4.79 Å². The standard InChI is InChI=1S/C15H13BrINO/c1-9-7-10(2)14(12(16)8-9)18-15(19)11-5-3-4-6-13(11)17/h3-8H,1-2H3,(H,18,19). The minimum Gasteiger partial charge on any atom is -0.321 e. The highest BCUT2D eigenvalue weighted by atomic mass is 127. The van der Waals surface area contributed by atoms with E-state index in [4.69, 9.17) is 0 Å². The van der Waals surface area contributed by atoms with Crippen LogP contribution in [0.25, 0.3) is 0 Å². The van der Waals surface area contributed by atoms with Crippen molar-refractivity contribution in [2.75, 3.05) is 5.32 Å². The van der Waals surface area contributed by atoms with E-state index in [-0.39, 0.29) is 5.91 Å². The van der Waals surface area contributed by atoms with Crippen molar-refractivity contribution < 1.29 is 4.79 Å². The molecule has 4 heteroatoms. The van der Waals surface area contributed by atoms with Crippen molar-refractivity contribution in [3.05, 3.63) is 61.1 Å². The molecule has 2 aromatic carbocycles. The molecule has 0 radical (unpaired) electrons. The summed E-state index contributed by atoms with van der Waals surface area (Å²) in [5.41, 5.74) is 3.73. The Labute approximate surface area is 134 Å². The first-order valence-electron chi connectivity index (χ1n) is 5.81. The van der Waals surface area contributed by atoms with Crippen LogP contribution < -0.4 is 5.32 Å². The molecular formula is C15H13BrINO. The predicted octanol–water partition coefficient (Wildman–Crippen LogP) is 4.92. The third-order valence-corrected chi connectivity index (χ3v) is 4.35. The first-order valence-corrected chi connectivity index (χ1v) is 7.69. The topological polar surface area (TPSA) is 29.1 Å². The van der Waals surface area contributed by atoms with Crippen LogP contribution in [-0.4, -0.2) is 5.91 Å². The predicted molar refractivity (Wildman–Crippen MR) is 90.7 cm³/mol. The van der Waals surface area contributed by atoms with Gasteiger partial charge in [0.25, 0.3) is 5.91 Å². The highest BCUT2D eigenvalue weighted by molar-refractivity contribution is 14.1. The van der Waals surface area contributed by atoms with E-state index in [1.807, 2.05) is 44.2 Å². The van der Waals surface area contributed by atoms with Crippen molar-refractivity contribution in [3.8, 4) is 0 Å². The smallest absolute Gasteiger partial charge is 0.256 e.